The van der Waals surface area contributed by atoms with E-state index in [1.54, 1.807) is 0 Å². The number of carbonyl (C=O) groups is 1. The van der Waals surface area contributed by atoms with Gasteiger partial charge in [-0.3, -0.25) is 9.69 Å². The van der Waals surface area contributed by atoms with Gasteiger partial charge in [0.05, 0.1) is 6.54 Å². The smallest absolute Gasteiger partial charge is 0.234 e. The van der Waals surface area contributed by atoms with Crippen molar-refractivity contribution in [2.75, 3.05) is 19.6 Å². The van der Waals surface area contributed by atoms with Gasteiger partial charge in [-0.1, -0.05) is 13.8 Å². The summed E-state index contributed by atoms with van der Waals surface area (Å²) in [6.07, 6.45) is 1.12. The van der Waals surface area contributed by atoms with E-state index in [1.165, 1.54) is 0 Å². The van der Waals surface area contributed by atoms with Crippen LogP contribution in [0.4, 0.5) is 0 Å². The lowest BCUT2D eigenvalue weighted by molar-refractivity contribution is -0.125. The zero-order valence-corrected chi connectivity index (χ0v) is 9.99. The Morgan fingerprint density at radius 2 is 2.20 bits per heavy atom. The van der Waals surface area contributed by atoms with Gasteiger partial charge in [-0.05, 0) is 19.3 Å². The van der Waals surface area contributed by atoms with Crippen LogP contribution in [0, 0.1) is 5.92 Å². The summed E-state index contributed by atoms with van der Waals surface area (Å²) in [6.45, 7) is 8.48. The van der Waals surface area contributed by atoms with Gasteiger partial charge < -0.3 is 11.1 Å². The summed E-state index contributed by atoms with van der Waals surface area (Å²) in [6, 6.07) is 0.583. The molecule has 1 fully saturated rings. The molecule has 2 unspecified atom stereocenters. The van der Waals surface area contributed by atoms with Crippen LogP contribution in [0.25, 0.3) is 0 Å². The highest BCUT2D eigenvalue weighted by Gasteiger charge is 2.27. The van der Waals surface area contributed by atoms with E-state index in [0.29, 0.717) is 18.5 Å². The summed E-state index contributed by atoms with van der Waals surface area (Å²) in [5, 5.41) is 2.92. The first-order valence-electron chi connectivity index (χ1n) is 5.75. The van der Waals surface area contributed by atoms with E-state index in [0.717, 1.165) is 19.5 Å². The zero-order chi connectivity index (χ0) is 11.4. The Morgan fingerprint density at radius 3 is 2.73 bits per heavy atom. The maximum Gasteiger partial charge on any atom is 0.234 e. The molecule has 1 amide bonds. The SMILES string of the molecule is CC(C)CC1CNC(=O)CN1CC(C)N. The first-order chi connectivity index (χ1) is 6.99. The van der Waals surface area contributed by atoms with Crippen LogP contribution in [-0.2, 0) is 4.79 Å². The molecule has 3 N–H and O–H groups in total. The molecule has 0 bridgehead atoms. The summed E-state index contributed by atoms with van der Waals surface area (Å²) < 4.78 is 0. The molecule has 2 atom stereocenters. The summed E-state index contributed by atoms with van der Waals surface area (Å²) in [4.78, 5) is 13.5. The quantitative estimate of drug-likeness (QED) is 0.700. The van der Waals surface area contributed by atoms with Gasteiger partial charge in [0.2, 0.25) is 5.91 Å². The second kappa shape index (κ2) is 5.47. The standard InChI is InChI=1S/C11H23N3O/c1-8(2)4-10-5-13-11(15)7-14(10)6-9(3)12/h8-10H,4-7,12H2,1-3H3,(H,13,15). The number of piperazine rings is 1. The van der Waals surface area contributed by atoms with E-state index in [1.807, 2.05) is 6.92 Å². The topological polar surface area (TPSA) is 58.4 Å². The predicted molar refractivity (Wildman–Crippen MR) is 61.5 cm³/mol. The number of carbonyl (C=O) groups excluding carboxylic acids is 1. The molecule has 0 radical (unpaired) electrons. The number of rotatable bonds is 4. The maximum atomic E-state index is 11.3. The number of nitrogens with two attached hydrogens (primary N) is 1. The highest BCUT2D eigenvalue weighted by atomic mass is 16.2. The molecule has 1 saturated heterocycles. The molecular formula is C11H23N3O. The first kappa shape index (κ1) is 12.5. The molecule has 0 spiro atoms. The van der Waals surface area contributed by atoms with E-state index in [2.05, 4.69) is 24.1 Å². The Kier molecular flexibility index (Phi) is 4.54. The number of nitrogens with zero attached hydrogens (tertiary/aromatic N) is 1. The number of nitrogens with one attached hydrogen (secondary N) is 1. The molecule has 88 valence electrons. The summed E-state index contributed by atoms with van der Waals surface area (Å²) in [5.41, 5.74) is 5.79. The van der Waals surface area contributed by atoms with Gasteiger partial charge in [-0.15, -0.1) is 0 Å². The van der Waals surface area contributed by atoms with E-state index >= 15 is 0 Å². The van der Waals surface area contributed by atoms with Gasteiger partial charge in [-0.2, -0.15) is 0 Å². The van der Waals surface area contributed by atoms with E-state index in [-0.39, 0.29) is 11.9 Å². The third kappa shape index (κ3) is 4.18. The molecule has 1 aliphatic rings. The third-order valence-corrected chi connectivity index (χ3v) is 2.66. The van der Waals surface area contributed by atoms with Gasteiger partial charge >= 0.3 is 0 Å². The van der Waals surface area contributed by atoms with Gasteiger partial charge in [0.25, 0.3) is 0 Å². The van der Waals surface area contributed by atoms with Crippen LogP contribution in [-0.4, -0.2) is 42.5 Å². The van der Waals surface area contributed by atoms with Crippen molar-refractivity contribution in [3.63, 3.8) is 0 Å². The van der Waals surface area contributed by atoms with Crippen LogP contribution < -0.4 is 11.1 Å². The van der Waals surface area contributed by atoms with Crippen molar-refractivity contribution >= 4 is 5.91 Å². The van der Waals surface area contributed by atoms with Gasteiger partial charge in [0.1, 0.15) is 0 Å². The van der Waals surface area contributed by atoms with Crippen LogP contribution in [0.3, 0.4) is 0 Å². The van der Waals surface area contributed by atoms with Gasteiger partial charge in [-0.25, -0.2) is 0 Å². The molecule has 0 saturated carbocycles. The minimum atomic E-state index is 0.121. The van der Waals surface area contributed by atoms with E-state index in [4.69, 9.17) is 5.73 Å². The van der Waals surface area contributed by atoms with Crippen molar-refractivity contribution in [2.24, 2.45) is 11.7 Å². The van der Waals surface area contributed by atoms with Crippen LogP contribution in [0.2, 0.25) is 0 Å². The summed E-state index contributed by atoms with van der Waals surface area (Å²) in [7, 11) is 0. The molecule has 15 heavy (non-hydrogen) atoms. The molecule has 0 aliphatic carbocycles. The molecule has 0 aromatic rings. The average Bonchev–Trinajstić information content (AvgIpc) is 2.08. The van der Waals surface area contributed by atoms with E-state index < -0.39 is 0 Å². The van der Waals surface area contributed by atoms with Crippen LogP contribution in [0.5, 0.6) is 0 Å². The normalized spacial score (nSPS) is 25.4. The van der Waals surface area contributed by atoms with Crippen molar-refractivity contribution in [3.8, 4) is 0 Å². The highest BCUT2D eigenvalue weighted by Crippen LogP contribution is 2.13. The fourth-order valence-electron chi connectivity index (χ4n) is 2.09. The molecule has 1 aliphatic heterocycles. The predicted octanol–water partition coefficient (Wildman–Crippen LogP) is 0.180. The summed E-state index contributed by atoms with van der Waals surface area (Å²) in [5.74, 6) is 0.774. The number of hydrogen-bond acceptors (Lipinski definition) is 3. The number of amides is 1. The zero-order valence-electron chi connectivity index (χ0n) is 9.99. The lowest BCUT2D eigenvalue weighted by Crippen LogP contribution is -2.56. The molecular weight excluding hydrogens is 190 g/mol. The minimum Gasteiger partial charge on any atom is -0.353 e. The molecule has 4 heteroatoms. The Bertz CT molecular complexity index is 216. The second-order valence-electron chi connectivity index (χ2n) is 4.99. The lowest BCUT2D eigenvalue weighted by atomic mass is 10.0. The van der Waals surface area contributed by atoms with E-state index in [9.17, 15) is 4.79 Å². The van der Waals surface area contributed by atoms with Gasteiger partial charge in [0.15, 0.2) is 0 Å². The van der Waals surface area contributed by atoms with Crippen molar-refractivity contribution in [1.29, 1.82) is 0 Å². The van der Waals surface area contributed by atoms with Crippen molar-refractivity contribution in [2.45, 2.75) is 39.3 Å². The third-order valence-electron chi connectivity index (χ3n) is 2.66. The molecule has 1 rings (SSSR count). The second-order valence-corrected chi connectivity index (χ2v) is 4.99. The Labute approximate surface area is 92.2 Å². The maximum absolute atomic E-state index is 11.3. The minimum absolute atomic E-state index is 0.121. The summed E-state index contributed by atoms with van der Waals surface area (Å²) >= 11 is 0. The average molecular weight is 213 g/mol. The molecule has 0 aromatic carbocycles. The van der Waals surface area contributed by atoms with Crippen LogP contribution in [0.15, 0.2) is 0 Å². The van der Waals surface area contributed by atoms with Crippen molar-refractivity contribution in [1.82, 2.24) is 10.2 Å². The first-order valence-corrected chi connectivity index (χ1v) is 5.75. The van der Waals surface area contributed by atoms with Crippen molar-refractivity contribution < 1.29 is 4.79 Å². The number of hydrogen-bond donors (Lipinski definition) is 2. The largest absolute Gasteiger partial charge is 0.353 e. The lowest BCUT2D eigenvalue weighted by Gasteiger charge is -2.37. The monoisotopic (exact) mass is 213 g/mol. The Hall–Kier alpha value is -0.610. The fraction of sp³-hybridized carbons (Fsp3) is 0.909. The Morgan fingerprint density at radius 1 is 1.53 bits per heavy atom. The van der Waals surface area contributed by atoms with Gasteiger partial charge in [0, 0.05) is 25.2 Å². The van der Waals surface area contributed by atoms with Crippen LogP contribution >= 0.6 is 0 Å². The molecule has 1 heterocycles. The Balaban J connectivity index is 2.53. The van der Waals surface area contributed by atoms with Crippen molar-refractivity contribution in [3.05, 3.63) is 0 Å². The fourth-order valence-corrected chi connectivity index (χ4v) is 2.09. The van der Waals surface area contributed by atoms with Crippen LogP contribution in [0.1, 0.15) is 27.2 Å². The highest BCUT2D eigenvalue weighted by molar-refractivity contribution is 5.78. The molecule has 4 nitrogen and oxygen atoms in total. The molecule has 0 aromatic heterocycles.